The number of halogens is 4. The number of methoxy groups -OCH3 is 2. The van der Waals surface area contributed by atoms with Gasteiger partial charge in [0.15, 0.2) is 16.7 Å². The predicted molar refractivity (Wildman–Crippen MR) is 146 cm³/mol. The second-order valence-corrected chi connectivity index (χ2v) is 10.6. The Hall–Kier alpha value is -3.25. The summed E-state index contributed by atoms with van der Waals surface area (Å²) in [4.78, 5) is 34.9. The maximum Gasteiger partial charge on any atom is 0.433 e. The van der Waals surface area contributed by atoms with Crippen LogP contribution >= 0.6 is 23.4 Å². The third kappa shape index (κ3) is 7.28. The molecule has 0 radical (unpaired) electrons. The van der Waals surface area contributed by atoms with Gasteiger partial charge < -0.3 is 18.9 Å². The van der Waals surface area contributed by atoms with Gasteiger partial charge in [-0.25, -0.2) is 9.97 Å². The fraction of sp³-hybridized carbons (Fsp3) is 0.407. The summed E-state index contributed by atoms with van der Waals surface area (Å²) in [5.74, 6) is 1.05. The lowest BCUT2D eigenvalue weighted by atomic mass is 10.1. The second kappa shape index (κ2) is 12.9. The van der Waals surface area contributed by atoms with E-state index in [1.165, 1.54) is 37.1 Å². The average Bonchev–Trinajstić information content (AvgIpc) is 2.94. The molecule has 1 amide bonds. The standard InChI is InChI=1S/C27H28ClF3N4O4S/c1-38-21-12-18(19(28)13-22(21)39-2)16-35-15-17(6-7-24(35)36)20-14-23(27(29,30)31)33-26(32-20)40-11-8-25(37)34-9-4-3-5-10-34/h6-7,12-15H,3-5,8-11,16H2,1-2H3. The number of aromatic nitrogens is 3. The van der Waals surface area contributed by atoms with E-state index in [9.17, 15) is 22.8 Å². The van der Waals surface area contributed by atoms with E-state index < -0.39 is 11.9 Å². The smallest absolute Gasteiger partial charge is 0.433 e. The van der Waals surface area contributed by atoms with Crippen molar-refractivity contribution >= 4 is 29.3 Å². The Balaban J connectivity index is 1.59. The minimum Gasteiger partial charge on any atom is -0.493 e. The van der Waals surface area contributed by atoms with Crippen LogP contribution in [0.15, 0.2) is 46.5 Å². The van der Waals surface area contributed by atoms with Crippen molar-refractivity contribution in [2.24, 2.45) is 0 Å². The highest BCUT2D eigenvalue weighted by molar-refractivity contribution is 7.99. The number of rotatable bonds is 9. The van der Waals surface area contributed by atoms with Gasteiger partial charge in [0.25, 0.3) is 5.56 Å². The molecular weight excluding hydrogens is 569 g/mol. The molecule has 2 aromatic heterocycles. The van der Waals surface area contributed by atoms with Crippen LogP contribution in [-0.2, 0) is 17.5 Å². The summed E-state index contributed by atoms with van der Waals surface area (Å²) in [5.41, 5.74) is -0.657. The van der Waals surface area contributed by atoms with Gasteiger partial charge in [-0.3, -0.25) is 9.59 Å². The van der Waals surface area contributed by atoms with Crippen LogP contribution in [0.5, 0.6) is 11.5 Å². The zero-order chi connectivity index (χ0) is 28.9. The molecule has 1 aliphatic rings. The molecule has 40 heavy (non-hydrogen) atoms. The Kier molecular flexibility index (Phi) is 9.62. The maximum absolute atomic E-state index is 13.7. The zero-order valence-corrected chi connectivity index (χ0v) is 23.5. The Labute approximate surface area is 238 Å². The lowest BCUT2D eigenvalue weighted by Gasteiger charge is -2.26. The molecule has 0 spiro atoms. The number of hydrogen-bond donors (Lipinski definition) is 0. The highest BCUT2D eigenvalue weighted by Gasteiger charge is 2.34. The molecule has 0 saturated carbocycles. The summed E-state index contributed by atoms with van der Waals surface area (Å²) in [6.07, 6.45) is -0.103. The van der Waals surface area contributed by atoms with Crippen LogP contribution in [0.25, 0.3) is 11.3 Å². The Morgan fingerprint density at radius 1 is 1.05 bits per heavy atom. The van der Waals surface area contributed by atoms with Gasteiger partial charge in [-0.15, -0.1) is 0 Å². The van der Waals surface area contributed by atoms with E-state index in [1.807, 2.05) is 0 Å². The van der Waals surface area contributed by atoms with E-state index in [1.54, 1.807) is 17.0 Å². The van der Waals surface area contributed by atoms with Crippen LogP contribution in [0.2, 0.25) is 5.02 Å². The Morgan fingerprint density at radius 3 is 2.42 bits per heavy atom. The summed E-state index contributed by atoms with van der Waals surface area (Å²) in [6, 6.07) is 6.70. The van der Waals surface area contributed by atoms with Crippen molar-refractivity contribution in [2.75, 3.05) is 33.1 Å². The van der Waals surface area contributed by atoms with Gasteiger partial charge in [-0.1, -0.05) is 23.4 Å². The second-order valence-electron chi connectivity index (χ2n) is 9.14. The summed E-state index contributed by atoms with van der Waals surface area (Å²) in [5, 5.41) is 0.228. The number of thioether (sulfide) groups is 1. The number of nitrogens with zero attached hydrogens (tertiary/aromatic N) is 4. The molecule has 8 nitrogen and oxygen atoms in total. The maximum atomic E-state index is 13.7. The molecule has 214 valence electrons. The number of amides is 1. The number of piperidine rings is 1. The number of likely N-dealkylation sites (tertiary alicyclic amines) is 1. The van der Waals surface area contributed by atoms with Gasteiger partial charge in [0.2, 0.25) is 5.91 Å². The van der Waals surface area contributed by atoms with Gasteiger partial charge in [0, 0.05) is 54.2 Å². The minimum absolute atomic E-state index is 0.000611. The topological polar surface area (TPSA) is 86.6 Å². The predicted octanol–water partition coefficient (Wildman–Crippen LogP) is 5.54. The number of pyridine rings is 1. The first-order chi connectivity index (χ1) is 19.1. The van der Waals surface area contributed by atoms with E-state index in [0.717, 1.165) is 37.1 Å². The summed E-state index contributed by atoms with van der Waals surface area (Å²) >= 11 is 7.37. The molecular formula is C27H28ClF3N4O4S. The third-order valence-corrected chi connectivity index (χ3v) is 7.63. The number of benzene rings is 1. The van der Waals surface area contributed by atoms with Crippen molar-refractivity contribution in [3.05, 3.63) is 63.2 Å². The number of hydrogen-bond acceptors (Lipinski definition) is 7. The number of alkyl halides is 3. The van der Waals surface area contributed by atoms with Crippen molar-refractivity contribution in [1.82, 2.24) is 19.4 Å². The lowest BCUT2D eigenvalue weighted by molar-refractivity contribution is -0.141. The van der Waals surface area contributed by atoms with E-state index in [-0.39, 0.29) is 46.6 Å². The average molecular weight is 597 g/mol. The van der Waals surface area contributed by atoms with E-state index in [2.05, 4.69) is 9.97 Å². The zero-order valence-electron chi connectivity index (χ0n) is 22.0. The monoisotopic (exact) mass is 596 g/mol. The first kappa shape index (κ1) is 29.7. The molecule has 0 aliphatic carbocycles. The van der Waals surface area contributed by atoms with Crippen molar-refractivity contribution in [1.29, 1.82) is 0 Å². The number of ether oxygens (including phenoxy) is 2. The van der Waals surface area contributed by atoms with Crippen LogP contribution in [0.1, 0.15) is 36.9 Å². The summed E-state index contributed by atoms with van der Waals surface area (Å²) in [6.45, 7) is 1.44. The van der Waals surface area contributed by atoms with E-state index >= 15 is 0 Å². The van der Waals surface area contributed by atoms with Crippen LogP contribution in [0, 0.1) is 0 Å². The molecule has 4 rings (SSSR count). The van der Waals surface area contributed by atoms with Crippen LogP contribution < -0.4 is 15.0 Å². The van der Waals surface area contributed by atoms with Crippen LogP contribution in [0.4, 0.5) is 13.2 Å². The molecule has 0 atom stereocenters. The van der Waals surface area contributed by atoms with Crippen molar-refractivity contribution in [2.45, 2.75) is 43.6 Å². The van der Waals surface area contributed by atoms with E-state index in [0.29, 0.717) is 35.2 Å². The van der Waals surface area contributed by atoms with Gasteiger partial charge >= 0.3 is 6.18 Å². The first-order valence-corrected chi connectivity index (χ1v) is 13.9. The Bertz CT molecular complexity index is 1430. The fourth-order valence-electron chi connectivity index (χ4n) is 4.32. The molecule has 0 bridgehead atoms. The Morgan fingerprint density at radius 2 is 1.75 bits per heavy atom. The molecule has 1 aliphatic heterocycles. The van der Waals surface area contributed by atoms with Gasteiger partial charge in [0.1, 0.15) is 5.69 Å². The quantitative estimate of drug-likeness (QED) is 0.237. The molecule has 3 heterocycles. The third-order valence-electron chi connectivity index (χ3n) is 6.42. The van der Waals surface area contributed by atoms with Gasteiger partial charge in [0.05, 0.1) is 26.5 Å². The minimum atomic E-state index is -4.71. The molecule has 1 saturated heterocycles. The van der Waals surface area contributed by atoms with Crippen molar-refractivity contribution in [3.8, 4) is 22.8 Å². The summed E-state index contributed by atoms with van der Waals surface area (Å²) in [7, 11) is 2.94. The highest BCUT2D eigenvalue weighted by atomic mass is 35.5. The molecule has 1 fully saturated rings. The molecule has 3 aromatic rings. The van der Waals surface area contributed by atoms with Crippen LogP contribution in [-0.4, -0.2) is 58.4 Å². The van der Waals surface area contributed by atoms with Gasteiger partial charge in [-0.2, -0.15) is 13.2 Å². The normalized spacial score (nSPS) is 13.8. The number of carbonyl (C=O) groups is 1. The SMILES string of the molecule is COc1cc(Cl)c(Cn2cc(-c3cc(C(F)(F)F)nc(SCCC(=O)N4CCCCC4)n3)ccc2=O)cc1OC. The lowest BCUT2D eigenvalue weighted by Crippen LogP contribution is -2.35. The van der Waals surface area contributed by atoms with Gasteiger partial charge in [-0.05, 0) is 43.0 Å². The highest BCUT2D eigenvalue weighted by Crippen LogP contribution is 2.34. The number of carbonyl (C=O) groups excluding carboxylic acids is 1. The first-order valence-electron chi connectivity index (χ1n) is 12.6. The fourth-order valence-corrected chi connectivity index (χ4v) is 5.32. The molecule has 0 N–H and O–H groups in total. The van der Waals surface area contributed by atoms with E-state index in [4.69, 9.17) is 21.1 Å². The van der Waals surface area contributed by atoms with Crippen molar-refractivity contribution < 1.29 is 27.4 Å². The van der Waals surface area contributed by atoms with Crippen molar-refractivity contribution in [3.63, 3.8) is 0 Å². The summed E-state index contributed by atoms with van der Waals surface area (Å²) < 4.78 is 53.0. The van der Waals surface area contributed by atoms with Crippen LogP contribution in [0.3, 0.4) is 0 Å². The molecule has 13 heteroatoms. The molecule has 0 unspecified atom stereocenters. The molecule has 1 aromatic carbocycles. The largest absolute Gasteiger partial charge is 0.493 e.